The Kier molecular flexibility index (Phi) is 6.21. The molecule has 5 heteroatoms. The molecule has 3 N–H and O–H groups in total. The van der Waals surface area contributed by atoms with E-state index in [4.69, 9.17) is 9.84 Å². The van der Waals surface area contributed by atoms with Crippen molar-refractivity contribution >= 4 is 11.6 Å². The van der Waals surface area contributed by atoms with E-state index in [2.05, 4.69) is 17.6 Å². The third-order valence-electron chi connectivity index (χ3n) is 3.94. The number of aliphatic hydroxyl groups excluding tert-OH is 1. The lowest BCUT2D eigenvalue weighted by molar-refractivity contribution is 0.0944. The summed E-state index contributed by atoms with van der Waals surface area (Å²) in [7, 11) is 1.65. The van der Waals surface area contributed by atoms with Crippen LogP contribution in [0.1, 0.15) is 34.5 Å². The van der Waals surface area contributed by atoms with Gasteiger partial charge in [-0.3, -0.25) is 4.79 Å². The Morgan fingerprint density at radius 1 is 1.25 bits per heavy atom. The highest BCUT2D eigenvalue weighted by Gasteiger charge is 2.13. The van der Waals surface area contributed by atoms with Crippen molar-refractivity contribution in [3.05, 3.63) is 59.2 Å². The number of anilines is 1. The maximum Gasteiger partial charge on any atom is 0.251 e. The lowest BCUT2D eigenvalue weighted by Crippen LogP contribution is -2.27. The van der Waals surface area contributed by atoms with E-state index in [1.54, 1.807) is 13.2 Å². The number of ether oxygens (including phenoxy) is 1. The molecule has 1 atom stereocenters. The van der Waals surface area contributed by atoms with Crippen molar-refractivity contribution in [2.75, 3.05) is 25.6 Å². The second-order valence-electron chi connectivity index (χ2n) is 5.60. The fraction of sp³-hybridized carbons (Fsp3) is 0.316. The molecule has 24 heavy (non-hydrogen) atoms. The summed E-state index contributed by atoms with van der Waals surface area (Å²) in [4.78, 5) is 12.1. The molecule has 2 rings (SSSR count). The summed E-state index contributed by atoms with van der Waals surface area (Å²) < 4.78 is 5.27. The molecule has 0 aliphatic carbocycles. The molecule has 0 radical (unpaired) electrons. The van der Waals surface area contributed by atoms with Crippen LogP contribution in [-0.4, -0.2) is 31.3 Å². The lowest BCUT2D eigenvalue weighted by atomic mass is 10.0. The molecule has 0 aliphatic rings. The van der Waals surface area contributed by atoms with Crippen molar-refractivity contribution in [1.29, 1.82) is 0 Å². The second kappa shape index (κ2) is 8.36. The molecule has 0 aliphatic heterocycles. The van der Waals surface area contributed by atoms with Crippen molar-refractivity contribution < 1.29 is 14.6 Å². The SMILES string of the molecule is COc1cccc(C(C)Nc2cccc(C(=O)NCCO)c2C)c1. The summed E-state index contributed by atoms with van der Waals surface area (Å²) in [5.41, 5.74) is 3.49. The largest absolute Gasteiger partial charge is 0.497 e. The first-order chi connectivity index (χ1) is 11.6. The Hall–Kier alpha value is -2.53. The minimum Gasteiger partial charge on any atom is -0.497 e. The molecule has 0 spiro atoms. The number of hydrogen-bond donors (Lipinski definition) is 3. The highest BCUT2D eigenvalue weighted by molar-refractivity contribution is 5.97. The summed E-state index contributed by atoms with van der Waals surface area (Å²) in [5, 5.41) is 15.0. The molecule has 0 heterocycles. The van der Waals surface area contributed by atoms with E-state index >= 15 is 0 Å². The average molecular weight is 328 g/mol. The summed E-state index contributed by atoms with van der Waals surface area (Å²) in [6, 6.07) is 13.5. The van der Waals surface area contributed by atoms with Gasteiger partial charge in [-0.05, 0) is 49.2 Å². The third kappa shape index (κ3) is 4.26. The Bertz CT molecular complexity index is 701. The first-order valence-corrected chi connectivity index (χ1v) is 7.96. The topological polar surface area (TPSA) is 70.6 Å². The number of aliphatic hydroxyl groups is 1. The van der Waals surface area contributed by atoms with Gasteiger partial charge in [0.25, 0.3) is 5.91 Å². The first kappa shape index (κ1) is 17.8. The molecule has 0 saturated carbocycles. The summed E-state index contributed by atoms with van der Waals surface area (Å²) in [6.45, 7) is 4.15. The number of amides is 1. The van der Waals surface area contributed by atoms with Gasteiger partial charge in [-0.25, -0.2) is 0 Å². The quantitative estimate of drug-likeness (QED) is 0.731. The lowest BCUT2D eigenvalue weighted by Gasteiger charge is -2.19. The Morgan fingerprint density at radius 2 is 2.00 bits per heavy atom. The van der Waals surface area contributed by atoms with Gasteiger partial charge in [0.05, 0.1) is 13.7 Å². The van der Waals surface area contributed by atoms with Gasteiger partial charge in [-0.15, -0.1) is 0 Å². The molecule has 0 saturated heterocycles. The van der Waals surface area contributed by atoms with E-state index < -0.39 is 0 Å². The van der Waals surface area contributed by atoms with E-state index in [-0.39, 0.29) is 25.1 Å². The molecule has 0 aromatic heterocycles. The zero-order valence-electron chi connectivity index (χ0n) is 14.3. The minimum absolute atomic E-state index is 0.0644. The predicted octanol–water partition coefficient (Wildman–Crippen LogP) is 2.90. The molecule has 1 amide bonds. The van der Waals surface area contributed by atoms with Crippen LogP contribution in [0.2, 0.25) is 0 Å². The van der Waals surface area contributed by atoms with Crippen LogP contribution < -0.4 is 15.4 Å². The highest BCUT2D eigenvalue weighted by Crippen LogP contribution is 2.26. The Morgan fingerprint density at radius 3 is 2.71 bits per heavy atom. The molecule has 1 unspecified atom stereocenters. The van der Waals surface area contributed by atoms with E-state index in [1.807, 2.05) is 43.3 Å². The van der Waals surface area contributed by atoms with Gasteiger partial charge < -0.3 is 20.5 Å². The second-order valence-corrected chi connectivity index (χ2v) is 5.60. The van der Waals surface area contributed by atoms with E-state index in [0.29, 0.717) is 5.56 Å². The number of rotatable bonds is 7. The minimum atomic E-state index is -0.181. The number of benzene rings is 2. The van der Waals surface area contributed by atoms with Crippen LogP contribution in [-0.2, 0) is 0 Å². The van der Waals surface area contributed by atoms with Gasteiger partial charge in [0, 0.05) is 23.8 Å². The maximum absolute atomic E-state index is 12.1. The molecule has 2 aromatic carbocycles. The molecule has 5 nitrogen and oxygen atoms in total. The van der Waals surface area contributed by atoms with Gasteiger partial charge in [0.15, 0.2) is 0 Å². The van der Waals surface area contributed by atoms with Crippen LogP contribution in [0.25, 0.3) is 0 Å². The zero-order chi connectivity index (χ0) is 17.5. The Balaban J connectivity index is 2.18. The van der Waals surface area contributed by atoms with Gasteiger partial charge >= 0.3 is 0 Å². The smallest absolute Gasteiger partial charge is 0.251 e. The number of hydrogen-bond acceptors (Lipinski definition) is 4. The van der Waals surface area contributed by atoms with Crippen molar-refractivity contribution in [3.63, 3.8) is 0 Å². The van der Waals surface area contributed by atoms with Crippen molar-refractivity contribution in [1.82, 2.24) is 5.32 Å². The van der Waals surface area contributed by atoms with Gasteiger partial charge in [0.2, 0.25) is 0 Å². The Labute approximate surface area is 142 Å². The summed E-state index contributed by atoms with van der Waals surface area (Å²) in [6.07, 6.45) is 0. The number of carbonyl (C=O) groups excluding carboxylic acids is 1. The highest BCUT2D eigenvalue weighted by atomic mass is 16.5. The molecule has 0 fully saturated rings. The normalized spacial score (nSPS) is 11.7. The van der Waals surface area contributed by atoms with Crippen molar-refractivity contribution in [2.45, 2.75) is 19.9 Å². The van der Waals surface area contributed by atoms with Crippen LogP contribution in [0.15, 0.2) is 42.5 Å². The number of nitrogens with one attached hydrogen (secondary N) is 2. The predicted molar refractivity (Wildman–Crippen MR) is 95.6 cm³/mol. The van der Waals surface area contributed by atoms with E-state index in [9.17, 15) is 4.79 Å². The standard InChI is InChI=1S/C19H24N2O3/c1-13-17(19(23)20-10-11-22)8-5-9-18(13)21-14(2)15-6-4-7-16(12-15)24-3/h4-9,12,14,21-22H,10-11H2,1-3H3,(H,20,23). The van der Waals surface area contributed by atoms with E-state index in [0.717, 1.165) is 22.6 Å². The van der Waals surface area contributed by atoms with Crippen LogP contribution in [0.3, 0.4) is 0 Å². The van der Waals surface area contributed by atoms with Gasteiger partial charge in [0.1, 0.15) is 5.75 Å². The van der Waals surface area contributed by atoms with E-state index in [1.165, 1.54) is 0 Å². The molecular formula is C19H24N2O3. The number of carbonyl (C=O) groups is 1. The first-order valence-electron chi connectivity index (χ1n) is 7.96. The van der Waals surface area contributed by atoms with Gasteiger partial charge in [-0.1, -0.05) is 18.2 Å². The molecule has 2 aromatic rings. The van der Waals surface area contributed by atoms with Crippen LogP contribution in [0, 0.1) is 6.92 Å². The number of methoxy groups -OCH3 is 1. The van der Waals surface area contributed by atoms with Crippen molar-refractivity contribution in [2.24, 2.45) is 0 Å². The summed E-state index contributed by atoms with van der Waals surface area (Å²) in [5.74, 6) is 0.634. The molecule has 128 valence electrons. The zero-order valence-corrected chi connectivity index (χ0v) is 14.3. The summed E-state index contributed by atoms with van der Waals surface area (Å²) >= 11 is 0. The van der Waals surface area contributed by atoms with Crippen molar-refractivity contribution in [3.8, 4) is 5.75 Å². The fourth-order valence-electron chi connectivity index (χ4n) is 2.53. The van der Waals surface area contributed by atoms with Crippen LogP contribution >= 0.6 is 0 Å². The van der Waals surface area contributed by atoms with Crippen LogP contribution in [0.5, 0.6) is 5.75 Å². The van der Waals surface area contributed by atoms with Crippen LogP contribution in [0.4, 0.5) is 5.69 Å². The third-order valence-corrected chi connectivity index (χ3v) is 3.94. The average Bonchev–Trinajstić information content (AvgIpc) is 2.61. The maximum atomic E-state index is 12.1. The van der Waals surface area contributed by atoms with Gasteiger partial charge in [-0.2, -0.15) is 0 Å². The molecular weight excluding hydrogens is 304 g/mol. The monoisotopic (exact) mass is 328 g/mol. The molecule has 0 bridgehead atoms. The fourth-order valence-corrected chi connectivity index (χ4v) is 2.53.